The third kappa shape index (κ3) is 3.49. The van der Waals surface area contributed by atoms with Crippen molar-refractivity contribution in [3.05, 3.63) is 42.7 Å². The molecule has 0 radical (unpaired) electrons. The van der Waals surface area contributed by atoms with E-state index in [1.807, 2.05) is 25.2 Å². The summed E-state index contributed by atoms with van der Waals surface area (Å²) < 4.78 is 2.10. The molecule has 0 spiro atoms. The van der Waals surface area contributed by atoms with Gasteiger partial charge in [-0.05, 0) is 30.2 Å². The van der Waals surface area contributed by atoms with E-state index in [9.17, 15) is 0 Å². The molecule has 24 heavy (non-hydrogen) atoms. The van der Waals surface area contributed by atoms with Gasteiger partial charge in [0, 0.05) is 48.6 Å². The average molecular weight is 324 g/mol. The highest BCUT2D eigenvalue weighted by Gasteiger charge is 2.09. The number of nitrogens with zero attached hydrogens (tertiary/aromatic N) is 3. The van der Waals surface area contributed by atoms with Crippen molar-refractivity contribution in [2.45, 2.75) is 19.9 Å². The van der Waals surface area contributed by atoms with Crippen LogP contribution in [0.5, 0.6) is 0 Å². The molecule has 6 nitrogen and oxygen atoms in total. The van der Waals surface area contributed by atoms with Crippen LogP contribution in [-0.2, 0) is 7.05 Å². The summed E-state index contributed by atoms with van der Waals surface area (Å²) in [5.74, 6) is 1.74. The Balaban J connectivity index is 1.76. The van der Waals surface area contributed by atoms with Gasteiger partial charge in [0.25, 0.3) is 0 Å². The molecule has 126 valence electrons. The number of hydrogen-bond acceptors (Lipinski definition) is 5. The fourth-order valence-electron chi connectivity index (χ4n) is 2.51. The highest BCUT2D eigenvalue weighted by atomic mass is 15.1. The van der Waals surface area contributed by atoms with Crippen molar-refractivity contribution in [1.82, 2.24) is 14.5 Å². The van der Waals surface area contributed by atoms with Crippen LogP contribution in [0.1, 0.15) is 13.8 Å². The number of fused-ring (bicyclic) bond motifs is 1. The van der Waals surface area contributed by atoms with Gasteiger partial charge in [0.2, 0.25) is 5.95 Å². The fourth-order valence-corrected chi connectivity index (χ4v) is 2.51. The molecule has 0 aliphatic rings. The predicted molar refractivity (Wildman–Crippen MR) is 99.5 cm³/mol. The Bertz CT molecular complexity index is 823. The molecular formula is C18H24N6. The third-order valence-electron chi connectivity index (χ3n) is 4.20. The van der Waals surface area contributed by atoms with Crippen LogP contribution in [0, 0.1) is 5.92 Å². The van der Waals surface area contributed by atoms with E-state index in [1.54, 1.807) is 6.20 Å². The lowest BCUT2D eigenvalue weighted by molar-refractivity contribution is 0.510. The minimum atomic E-state index is 0.0725. The van der Waals surface area contributed by atoms with Crippen LogP contribution in [0.4, 0.5) is 17.5 Å². The van der Waals surface area contributed by atoms with Crippen LogP contribution >= 0.6 is 0 Å². The van der Waals surface area contributed by atoms with Gasteiger partial charge in [-0.25, -0.2) is 4.98 Å². The van der Waals surface area contributed by atoms with Crippen LogP contribution < -0.4 is 16.4 Å². The second-order valence-corrected chi connectivity index (χ2v) is 6.34. The number of aryl methyl sites for hydroxylation is 1. The molecule has 0 unspecified atom stereocenters. The van der Waals surface area contributed by atoms with Crippen LogP contribution in [0.15, 0.2) is 42.7 Å². The first-order chi connectivity index (χ1) is 11.5. The Hall–Kier alpha value is -2.60. The number of nitrogens with two attached hydrogens (primary N) is 1. The zero-order chi connectivity index (χ0) is 17.1. The molecule has 1 atom stereocenters. The Kier molecular flexibility index (Phi) is 4.66. The number of rotatable bonds is 6. The topological polar surface area (TPSA) is 80.8 Å². The van der Waals surface area contributed by atoms with Gasteiger partial charge >= 0.3 is 0 Å². The summed E-state index contributed by atoms with van der Waals surface area (Å²) >= 11 is 0. The lowest BCUT2D eigenvalue weighted by Gasteiger charge is -2.16. The molecule has 0 bridgehead atoms. The van der Waals surface area contributed by atoms with Crippen molar-refractivity contribution in [3.8, 4) is 0 Å². The highest BCUT2D eigenvalue weighted by Crippen LogP contribution is 2.26. The molecule has 3 aromatic rings. The Labute approximate surface area is 142 Å². The first-order valence-electron chi connectivity index (χ1n) is 8.18. The van der Waals surface area contributed by atoms with Crippen molar-refractivity contribution in [2.24, 2.45) is 18.7 Å². The number of hydrogen-bond donors (Lipinski definition) is 3. The van der Waals surface area contributed by atoms with Crippen molar-refractivity contribution in [1.29, 1.82) is 0 Å². The lowest BCUT2D eigenvalue weighted by Crippen LogP contribution is -2.34. The number of nitrogens with one attached hydrogen (secondary N) is 2. The van der Waals surface area contributed by atoms with Crippen LogP contribution in [0.3, 0.4) is 0 Å². The van der Waals surface area contributed by atoms with Crippen molar-refractivity contribution in [2.75, 3.05) is 17.2 Å². The van der Waals surface area contributed by atoms with E-state index in [2.05, 4.69) is 57.3 Å². The van der Waals surface area contributed by atoms with Crippen molar-refractivity contribution in [3.63, 3.8) is 0 Å². The summed E-state index contributed by atoms with van der Waals surface area (Å²) in [6.45, 7) is 4.85. The largest absolute Gasteiger partial charge is 0.353 e. The molecule has 0 fully saturated rings. The molecular weight excluding hydrogens is 300 g/mol. The number of anilines is 3. The maximum Gasteiger partial charge on any atom is 0.224 e. The molecule has 0 saturated carbocycles. The molecule has 4 N–H and O–H groups in total. The van der Waals surface area contributed by atoms with E-state index in [0.29, 0.717) is 18.4 Å². The van der Waals surface area contributed by atoms with Gasteiger partial charge in [-0.15, -0.1) is 0 Å². The molecule has 1 aromatic carbocycles. The Morgan fingerprint density at radius 1 is 1.21 bits per heavy atom. The van der Waals surface area contributed by atoms with Crippen LogP contribution in [0.25, 0.3) is 10.9 Å². The number of aromatic nitrogens is 3. The zero-order valence-electron chi connectivity index (χ0n) is 14.3. The predicted octanol–water partition coefficient (Wildman–Crippen LogP) is 3.11. The number of benzene rings is 1. The van der Waals surface area contributed by atoms with Crippen molar-refractivity contribution < 1.29 is 0 Å². The van der Waals surface area contributed by atoms with E-state index < -0.39 is 0 Å². The lowest BCUT2D eigenvalue weighted by atomic mass is 10.1. The summed E-state index contributed by atoms with van der Waals surface area (Å²) in [6.07, 6.45) is 3.79. The average Bonchev–Trinajstić information content (AvgIpc) is 2.95. The van der Waals surface area contributed by atoms with Gasteiger partial charge in [0.15, 0.2) is 0 Å². The molecule has 0 aliphatic heterocycles. The summed E-state index contributed by atoms with van der Waals surface area (Å²) in [5, 5.41) is 7.74. The SMILES string of the molecule is CC(C)[C@@H](N)CNc1nccc(Nc2cccc3c2ccn3C)n1. The molecule has 0 aliphatic carbocycles. The monoisotopic (exact) mass is 324 g/mol. The van der Waals surface area contributed by atoms with E-state index >= 15 is 0 Å². The fraction of sp³-hybridized carbons (Fsp3) is 0.333. The van der Waals surface area contributed by atoms with E-state index in [0.717, 1.165) is 16.9 Å². The van der Waals surface area contributed by atoms with E-state index in [1.165, 1.54) is 5.52 Å². The molecule has 2 heterocycles. The zero-order valence-corrected chi connectivity index (χ0v) is 14.3. The summed E-state index contributed by atoms with van der Waals surface area (Å²) in [4.78, 5) is 8.77. The first kappa shape index (κ1) is 16.3. The highest BCUT2D eigenvalue weighted by molar-refractivity contribution is 5.93. The van der Waals surface area contributed by atoms with Gasteiger partial charge in [-0.1, -0.05) is 19.9 Å². The molecule has 6 heteroatoms. The molecule has 0 saturated heterocycles. The minimum Gasteiger partial charge on any atom is -0.353 e. The van der Waals surface area contributed by atoms with Gasteiger partial charge in [-0.3, -0.25) is 0 Å². The van der Waals surface area contributed by atoms with Gasteiger partial charge < -0.3 is 20.9 Å². The van der Waals surface area contributed by atoms with E-state index in [4.69, 9.17) is 5.73 Å². The maximum atomic E-state index is 6.05. The summed E-state index contributed by atoms with van der Waals surface area (Å²) in [5.41, 5.74) is 8.26. The Morgan fingerprint density at radius 2 is 2.04 bits per heavy atom. The molecule has 3 rings (SSSR count). The van der Waals surface area contributed by atoms with Crippen molar-refractivity contribution >= 4 is 28.4 Å². The second-order valence-electron chi connectivity index (χ2n) is 6.34. The molecule has 0 amide bonds. The second kappa shape index (κ2) is 6.88. The van der Waals surface area contributed by atoms with Crippen LogP contribution in [-0.4, -0.2) is 27.1 Å². The first-order valence-corrected chi connectivity index (χ1v) is 8.18. The maximum absolute atomic E-state index is 6.05. The van der Waals surface area contributed by atoms with Gasteiger partial charge in [-0.2, -0.15) is 4.98 Å². The van der Waals surface area contributed by atoms with Gasteiger partial charge in [0.05, 0.1) is 0 Å². The van der Waals surface area contributed by atoms with Gasteiger partial charge in [0.1, 0.15) is 5.82 Å². The standard InChI is InChI=1S/C18H24N6/c1-12(2)14(19)11-21-18-20-9-7-17(23-18)22-15-5-4-6-16-13(15)8-10-24(16)3/h4-10,12,14H,11,19H2,1-3H3,(H2,20,21,22,23)/t14-/m0/s1. The third-order valence-corrected chi connectivity index (χ3v) is 4.20. The smallest absolute Gasteiger partial charge is 0.224 e. The normalized spacial score (nSPS) is 12.5. The minimum absolute atomic E-state index is 0.0725. The van der Waals surface area contributed by atoms with E-state index in [-0.39, 0.29) is 6.04 Å². The van der Waals surface area contributed by atoms with Crippen LogP contribution in [0.2, 0.25) is 0 Å². The summed E-state index contributed by atoms with van der Waals surface area (Å²) in [7, 11) is 2.04. The summed E-state index contributed by atoms with van der Waals surface area (Å²) in [6, 6.07) is 10.2. The Morgan fingerprint density at radius 3 is 2.83 bits per heavy atom. The quantitative estimate of drug-likeness (QED) is 0.649. The molecule has 2 aromatic heterocycles.